The Bertz CT molecular complexity index is 1070. The number of ether oxygens (including phenoxy) is 1. The summed E-state index contributed by atoms with van der Waals surface area (Å²) in [7, 11) is -3.96. The first-order valence-electron chi connectivity index (χ1n) is 7.46. The van der Waals surface area contributed by atoms with E-state index in [1.807, 2.05) is 0 Å². The van der Waals surface area contributed by atoms with Crippen LogP contribution in [-0.4, -0.2) is 27.2 Å². The van der Waals surface area contributed by atoms with Crippen LogP contribution in [0.5, 0.6) is 0 Å². The average molecular weight is 382 g/mol. The van der Waals surface area contributed by atoms with Crippen LogP contribution < -0.4 is 0 Å². The van der Waals surface area contributed by atoms with Crippen molar-refractivity contribution in [2.75, 3.05) is 12.9 Å². The van der Waals surface area contributed by atoms with Gasteiger partial charge in [-0.15, -0.1) is 0 Å². The van der Waals surface area contributed by atoms with Crippen molar-refractivity contribution in [1.82, 2.24) is 0 Å². The molecule has 0 amide bonds. The lowest BCUT2D eigenvalue weighted by atomic mass is 9.95. The Labute approximate surface area is 147 Å². The number of aryl methyl sites for hydroxylation is 1. The third kappa shape index (κ3) is 3.12. The molecule has 1 aliphatic rings. The fourth-order valence-corrected chi connectivity index (χ4v) is 3.43. The first kappa shape index (κ1) is 18.2. The maximum atomic E-state index is 14.5. The van der Waals surface area contributed by atoms with Crippen molar-refractivity contribution >= 4 is 27.0 Å². The van der Waals surface area contributed by atoms with Crippen molar-refractivity contribution in [2.45, 2.75) is 11.8 Å². The first-order valence-corrected chi connectivity index (χ1v) is 9.35. The van der Waals surface area contributed by atoms with E-state index in [4.69, 9.17) is 4.74 Å². The molecule has 136 valence electrons. The molecule has 2 aromatic carbocycles. The molecule has 8 heteroatoms. The monoisotopic (exact) mass is 382 g/mol. The summed E-state index contributed by atoms with van der Waals surface area (Å²) in [5.74, 6) is -3.53. The van der Waals surface area contributed by atoms with Gasteiger partial charge in [0.1, 0.15) is 29.0 Å². The zero-order chi connectivity index (χ0) is 19.2. The van der Waals surface area contributed by atoms with Crippen LogP contribution >= 0.6 is 0 Å². The van der Waals surface area contributed by atoms with Gasteiger partial charge in [-0.05, 0) is 36.2 Å². The Morgan fingerprint density at radius 2 is 1.69 bits per heavy atom. The van der Waals surface area contributed by atoms with E-state index in [0.29, 0.717) is 17.7 Å². The van der Waals surface area contributed by atoms with Gasteiger partial charge in [0.25, 0.3) is 0 Å². The van der Waals surface area contributed by atoms with Crippen LogP contribution in [-0.2, 0) is 19.4 Å². The summed E-state index contributed by atoms with van der Waals surface area (Å²) < 4.78 is 70.4. The normalized spacial score (nSPS) is 14.7. The lowest BCUT2D eigenvalue weighted by Crippen LogP contribution is -2.05. The lowest BCUT2D eigenvalue weighted by Gasteiger charge is -2.09. The van der Waals surface area contributed by atoms with E-state index in [2.05, 4.69) is 0 Å². The van der Waals surface area contributed by atoms with Gasteiger partial charge in [-0.25, -0.2) is 26.4 Å². The highest BCUT2D eigenvalue weighted by atomic mass is 32.2. The van der Waals surface area contributed by atoms with Crippen LogP contribution in [0, 0.1) is 24.4 Å². The molecule has 0 radical (unpaired) electrons. The zero-order valence-corrected chi connectivity index (χ0v) is 14.6. The smallest absolute Gasteiger partial charge is 0.339 e. The van der Waals surface area contributed by atoms with Gasteiger partial charge in [0.15, 0.2) is 9.84 Å². The number of halogens is 3. The average Bonchev–Trinajstić information content (AvgIpc) is 2.92. The van der Waals surface area contributed by atoms with Crippen molar-refractivity contribution in [3.05, 3.63) is 64.5 Å². The number of hydrogen-bond donors (Lipinski definition) is 0. The largest absolute Gasteiger partial charge is 0.457 e. The maximum absolute atomic E-state index is 14.5. The molecule has 0 saturated heterocycles. The highest BCUT2D eigenvalue weighted by molar-refractivity contribution is 7.90. The van der Waals surface area contributed by atoms with Crippen LogP contribution in [0.25, 0.3) is 11.1 Å². The molecular weight excluding hydrogens is 369 g/mol. The van der Waals surface area contributed by atoms with Gasteiger partial charge in [-0.1, -0.05) is 12.1 Å². The van der Waals surface area contributed by atoms with Crippen molar-refractivity contribution in [1.29, 1.82) is 0 Å². The fourth-order valence-electron chi connectivity index (χ4n) is 2.70. The number of benzene rings is 2. The topological polar surface area (TPSA) is 60.4 Å². The van der Waals surface area contributed by atoms with Gasteiger partial charge in [0.2, 0.25) is 0 Å². The summed E-state index contributed by atoms with van der Waals surface area (Å²) in [5.41, 5.74) is 0.148. The Morgan fingerprint density at radius 1 is 1.00 bits per heavy atom. The van der Waals surface area contributed by atoms with Crippen LogP contribution in [0.3, 0.4) is 0 Å². The third-order valence-corrected chi connectivity index (χ3v) is 5.17. The van der Waals surface area contributed by atoms with E-state index >= 15 is 0 Å². The second kappa shape index (κ2) is 6.28. The van der Waals surface area contributed by atoms with Gasteiger partial charge < -0.3 is 4.74 Å². The number of carbonyl (C=O) groups excluding carboxylic acids is 1. The van der Waals surface area contributed by atoms with Crippen molar-refractivity contribution in [2.24, 2.45) is 0 Å². The summed E-state index contributed by atoms with van der Waals surface area (Å²) >= 11 is 0. The van der Waals surface area contributed by atoms with Crippen LogP contribution in [0.15, 0.2) is 35.2 Å². The van der Waals surface area contributed by atoms with Gasteiger partial charge >= 0.3 is 5.97 Å². The Morgan fingerprint density at radius 3 is 2.31 bits per heavy atom. The molecule has 26 heavy (non-hydrogen) atoms. The molecule has 0 saturated carbocycles. The molecule has 2 aromatic rings. The molecule has 0 N–H and O–H groups in total. The molecule has 1 aliphatic heterocycles. The summed E-state index contributed by atoms with van der Waals surface area (Å²) in [4.78, 5) is 11.3. The van der Waals surface area contributed by atoms with Crippen molar-refractivity contribution in [3.63, 3.8) is 0 Å². The second-order valence-corrected chi connectivity index (χ2v) is 7.91. The van der Waals surface area contributed by atoms with Crippen LogP contribution in [0.1, 0.15) is 16.7 Å². The first-order chi connectivity index (χ1) is 12.1. The Balaban J connectivity index is 2.23. The molecule has 3 rings (SSSR count). The highest BCUT2D eigenvalue weighted by Crippen LogP contribution is 2.35. The van der Waals surface area contributed by atoms with E-state index in [-0.39, 0.29) is 28.9 Å². The Kier molecular flexibility index (Phi) is 4.39. The fraction of sp³-hybridized carbons (Fsp3) is 0.167. The van der Waals surface area contributed by atoms with Gasteiger partial charge in [0, 0.05) is 17.4 Å². The van der Waals surface area contributed by atoms with Gasteiger partial charge in [-0.3, -0.25) is 0 Å². The molecule has 4 nitrogen and oxygen atoms in total. The number of hydrogen-bond acceptors (Lipinski definition) is 4. The minimum atomic E-state index is -3.96. The summed E-state index contributed by atoms with van der Waals surface area (Å²) in [6.07, 6.45) is 0.756. The molecule has 0 spiro atoms. The predicted molar refractivity (Wildman–Crippen MR) is 88.4 cm³/mol. The van der Waals surface area contributed by atoms with Crippen LogP contribution in [0.4, 0.5) is 13.2 Å². The summed E-state index contributed by atoms with van der Waals surface area (Å²) in [5, 5.41) is 0. The number of carbonyl (C=O) groups is 1. The van der Waals surface area contributed by atoms with E-state index in [9.17, 15) is 26.4 Å². The minimum Gasteiger partial charge on any atom is -0.457 e. The molecule has 0 fully saturated rings. The van der Waals surface area contributed by atoms with E-state index in [1.54, 1.807) is 6.92 Å². The Hall–Kier alpha value is -2.61. The zero-order valence-electron chi connectivity index (χ0n) is 13.8. The third-order valence-electron chi connectivity index (χ3n) is 4.06. The predicted octanol–water partition coefficient (Wildman–Crippen LogP) is 3.28. The van der Waals surface area contributed by atoms with Crippen LogP contribution in [0.2, 0.25) is 0 Å². The SMILES string of the molecule is Cc1ccc(C2=C(c3cc(F)c(S(C)(=O)=O)cc3F)COC2=O)cc1F. The molecule has 0 aliphatic carbocycles. The standard InChI is InChI=1S/C18H13F3O4S/c1-9-3-4-10(5-13(9)19)17-12(8-25-18(17)22)11-6-15(21)16(7-14(11)20)26(2,23)24/h3-7H,8H2,1-2H3. The highest BCUT2D eigenvalue weighted by Gasteiger charge is 2.30. The van der Waals surface area contributed by atoms with Gasteiger partial charge in [0.05, 0.1) is 5.57 Å². The summed E-state index contributed by atoms with van der Waals surface area (Å²) in [6.45, 7) is 1.21. The molecule has 0 bridgehead atoms. The number of esters is 1. The molecular formula is C18H13F3O4S. The number of cyclic esters (lactones) is 1. The number of sulfone groups is 1. The van der Waals surface area contributed by atoms with Gasteiger partial charge in [-0.2, -0.15) is 0 Å². The summed E-state index contributed by atoms with van der Waals surface area (Å²) in [6, 6.07) is 5.29. The molecule has 0 unspecified atom stereocenters. The lowest BCUT2D eigenvalue weighted by molar-refractivity contribution is -0.133. The maximum Gasteiger partial charge on any atom is 0.339 e. The number of rotatable bonds is 3. The van der Waals surface area contributed by atoms with Crippen molar-refractivity contribution in [3.8, 4) is 0 Å². The second-order valence-electron chi connectivity index (χ2n) is 5.93. The quantitative estimate of drug-likeness (QED) is 0.765. The molecule has 0 atom stereocenters. The van der Waals surface area contributed by atoms with Crippen molar-refractivity contribution < 1.29 is 31.1 Å². The van der Waals surface area contributed by atoms with E-state index in [0.717, 1.165) is 12.3 Å². The van der Waals surface area contributed by atoms with E-state index < -0.39 is 38.2 Å². The van der Waals surface area contributed by atoms with E-state index in [1.165, 1.54) is 12.1 Å². The molecule has 1 heterocycles. The minimum absolute atomic E-state index is 0.0229. The molecule has 0 aromatic heterocycles.